The lowest BCUT2D eigenvalue weighted by Gasteiger charge is -2.14. The van der Waals surface area contributed by atoms with E-state index in [0.717, 1.165) is 33.5 Å². The van der Waals surface area contributed by atoms with E-state index in [1.165, 1.54) is 0 Å². The number of anilines is 2. The van der Waals surface area contributed by atoms with E-state index >= 15 is 0 Å². The number of aryl methyl sites for hydroxylation is 1. The minimum atomic E-state index is 0.727. The molecule has 0 atom stereocenters. The van der Waals surface area contributed by atoms with Gasteiger partial charge in [0.05, 0.1) is 19.9 Å². The number of methoxy groups -OCH3 is 2. The van der Waals surface area contributed by atoms with Crippen molar-refractivity contribution in [3.05, 3.63) is 47.0 Å². The smallest absolute Gasteiger partial charge is 0.145 e. The van der Waals surface area contributed by atoms with Gasteiger partial charge in [0, 0.05) is 16.8 Å². The average Bonchev–Trinajstić information content (AvgIpc) is 2.42. The minimum Gasteiger partial charge on any atom is -0.497 e. The fraction of sp³-hybridized carbons (Fsp3) is 0.200. The van der Waals surface area contributed by atoms with Crippen molar-refractivity contribution in [3.8, 4) is 11.5 Å². The van der Waals surface area contributed by atoms with E-state index < -0.39 is 0 Å². The Hall–Kier alpha value is -1.87. The second-order valence-corrected chi connectivity index (χ2v) is 4.59. The van der Waals surface area contributed by atoms with Crippen molar-refractivity contribution in [2.45, 2.75) is 6.92 Å². The Bertz CT molecular complexity index is 584. The Kier molecular flexibility index (Phi) is 4.17. The van der Waals surface area contributed by atoms with Crippen LogP contribution in [0.2, 0.25) is 5.02 Å². The van der Waals surface area contributed by atoms with Gasteiger partial charge >= 0.3 is 0 Å². The van der Waals surface area contributed by atoms with Gasteiger partial charge in [-0.05, 0) is 42.8 Å². The number of hydrogen-bond donors (Lipinski definition) is 1. The van der Waals surface area contributed by atoms with Gasteiger partial charge in [-0.3, -0.25) is 0 Å². The molecule has 0 aliphatic carbocycles. The van der Waals surface area contributed by atoms with Crippen LogP contribution >= 0.6 is 11.6 Å². The van der Waals surface area contributed by atoms with Gasteiger partial charge in [-0.15, -0.1) is 0 Å². The molecule has 4 heteroatoms. The van der Waals surface area contributed by atoms with Crippen LogP contribution in [0.4, 0.5) is 11.4 Å². The standard InChI is InChI=1S/C15H16ClNO2/c1-10-8-11(16)4-6-13(10)17-14-7-5-12(18-2)9-15(14)19-3/h4-9,17H,1-3H3. The van der Waals surface area contributed by atoms with Crippen LogP contribution in [0.25, 0.3) is 0 Å². The first kappa shape index (κ1) is 13.6. The number of rotatable bonds is 4. The monoisotopic (exact) mass is 277 g/mol. The maximum atomic E-state index is 5.95. The van der Waals surface area contributed by atoms with Crippen LogP contribution in [-0.4, -0.2) is 14.2 Å². The average molecular weight is 278 g/mol. The number of hydrogen-bond acceptors (Lipinski definition) is 3. The highest BCUT2D eigenvalue weighted by molar-refractivity contribution is 6.30. The lowest BCUT2D eigenvalue weighted by molar-refractivity contribution is 0.395. The number of nitrogens with one attached hydrogen (secondary N) is 1. The number of benzene rings is 2. The fourth-order valence-corrected chi connectivity index (χ4v) is 2.04. The number of ether oxygens (including phenoxy) is 2. The lowest BCUT2D eigenvalue weighted by Crippen LogP contribution is -1.97. The highest BCUT2D eigenvalue weighted by Crippen LogP contribution is 2.32. The van der Waals surface area contributed by atoms with Crippen molar-refractivity contribution in [3.63, 3.8) is 0 Å². The molecule has 0 aromatic heterocycles. The van der Waals surface area contributed by atoms with E-state index in [1.54, 1.807) is 14.2 Å². The molecule has 0 radical (unpaired) electrons. The molecule has 0 saturated carbocycles. The molecule has 0 unspecified atom stereocenters. The number of halogens is 1. The van der Waals surface area contributed by atoms with Gasteiger partial charge in [-0.1, -0.05) is 11.6 Å². The summed E-state index contributed by atoms with van der Waals surface area (Å²) in [5, 5.41) is 4.06. The van der Waals surface area contributed by atoms with Gasteiger partial charge < -0.3 is 14.8 Å². The van der Waals surface area contributed by atoms with Gasteiger partial charge in [-0.2, -0.15) is 0 Å². The van der Waals surface area contributed by atoms with Crippen molar-refractivity contribution < 1.29 is 9.47 Å². The Morgan fingerprint density at radius 3 is 2.32 bits per heavy atom. The topological polar surface area (TPSA) is 30.5 Å². The quantitative estimate of drug-likeness (QED) is 0.898. The molecule has 0 saturated heterocycles. The highest BCUT2D eigenvalue weighted by atomic mass is 35.5. The first-order valence-corrected chi connectivity index (χ1v) is 6.27. The molecule has 0 heterocycles. The summed E-state index contributed by atoms with van der Waals surface area (Å²) in [7, 11) is 3.26. The summed E-state index contributed by atoms with van der Waals surface area (Å²) in [5.74, 6) is 1.49. The SMILES string of the molecule is COc1ccc(Nc2ccc(Cl)cc2C)c(OC)c1. The van der Waals surface area contributed by atoms with Crippen LogP contribution in [0.3, 0.4) is 0 Å². The molecule has 0 bridgehead atoms. The summed E-state index contributed by atoms with van der Waals surface area (Å²) in [6, 6.07) is 11.4. The molecule has 2 aromatic rings. The van der Waals surface area contributed by atoms with E-state index in [0.29, 0.717) is 0 Å². The van der Waals surface area contributed by atoms with Crippen LogP contribution in [0.15, 0.2) is 36.4 Å². The second kappa shape index (κ2) is 5.85. The third-order valence-corrected chi connectivity index (χ3v) is 3.10. The molecular weight excluding hydrogens is 262 g/mol. The lowest BCUT2D eigenvalue weighted by atomic mass is 10.2. The molecule has 3 nitrogen and oxygen atoms in total. The van der Waals surface area contributed by atoms with Gasteiger partial charge in [0.15, 0.2) is 0 Å². The van der Waals surface area contributed by atoms with E-state index in [2.05, 4.69) is 5.32 Å². The third-order valence-electron chi connectivity index (χ3n) is 2.87. The maximum Gasteiger partial charge on any atom is 0.145 e. The Labute approximate surface area is 118 Å². The van der Waals surface area contributed by atoms with Crippen LogP contribution in [0.5, 0.6) is 11.5 Å². The van der Waals surface area contributed by atoms with Gasteiger partial charge in [-0.25, -0.2) is 0 Å². The molecule has 2 aromatic carbocycles. The summed E-state index contributed by atoms with van der Waals surface area (Å²) in [6.07, 6.45) is 0. The first-order valence-electron chi connectivity index (χ1n) is 5.89. The molecule has 2 rings (SSSR count). The highest BCUT2D eigenvalue weighted by Gasteiger charge is 2.07. The predicted octanol–water partition coefficient (Wildman–Crippen LogP) is 4.41. The van der Waals surface area contributed by atoms with Crippen molar-refractivity contribution in [2.75, 3.05) is 19.5 Å². The maximum absolute atomic E-state index is 5.95. The summed E-state index contributed by atoms with van der Waals surface area (Å²) < 4.78 is 10.5. The van der Waals surface area contributed by atoms with Crippen molar-refractivity contribution >= 4 is 23.0 Å². The zero-order valence-corrected chi connectivity index (χ0v) is 11.9. The van der Waals surface area contributed by atoms with Crippen molar-refractivity contribution in [1.29, 1.82) is 0 Å². The Morgan fingerprint density at radius 2 is 1.68 bits per heavy atom. The fourth-order valence-electron chi connectivity index (χ4n) is 1.81. The van der Waals surface area contributed by atoms with Gasteiger partial charge in [0.1, 0.15) is 11.5 Å². The molecule has 1 N–H and O–H groups in total. The van der Waals surface area contributed by atoms with Crippen LogP contribution in [0.1, 0.15) is 5.56 Å². The summed E-state index contributed by atoms with van der Waals surface area (Å²) in [5.41, 5.74) is 2.95. The van der Waals surface area contributed by atoms with Crippen LogP contribution in [0, 0.1) is 6.92 Å². The van der Waals surface area contributed by atoms with Gasteiger partial charge in [0.2, 0.25) is 0 Å². The Morgan fingerprint density at radius 1 is 0.947 bits per heavy atom. The molecule has 100 valence electrons. The minimum absolute atomic E-state index is 0.727. The van der Waals surface area contributed by atoms with E-state index in [9.17, 15) is 0 Å². The molecule has 0 aliphatic heterocycles. The summed E-state index contributed by atoms with van der Waals surface area (Å²) in [4.78, 5) is 0. The van der Waals surface area contributed by atoms with Crippen LogP contribution in [-0.2, 0) is 0 Å². The molecule has 0 amide bonds. The normalized spacial score (nSPS) is 10.1. The largest absolute Gasteiger partial charge is 0.497 e. The third kappa shape index (κ3) is 3.12. The van der Waals surface area contributed by atoms with Gasteiger partial charge in [0.25, 0.3) is 0 Å². The van der Waals surface area contributed by atoms with Crippen molar-refractivity contribution in [1.82, 2.24) is 0 Å². The predicted molar refractivity (Wildman–Crippen MR) is 79.0 cm³/mol. The molecular formula is C15H16ClNO2. The molecule has 0 spiro atoms. The molecule has 0 fully saturated rings. The first-order chi connectivity index (χ1) is 9.13. The second-order valence-electron chi connectivity index (χ2n) is 4.15. The van der Waals surface area contributed by atoms with Crippen LogP contribution < -0.4 is 14.8 Å². The zero-order chi connectivity index (χ0) is 13.8. The van der Waals surface area contributed by atoms with E-state index in [-0.39, 0.29) is 0 Å². The summed E-state index contributed by atoms with van der Waals surface area (Å²) in [6.45, 7) is 2.00. The van der Waals surface area contributed by atoms with E-state index in [4.69, 9.17) is 21.1 Å². The van der Waals surface area contributed by atoms with Crippen molar-refractivity contribution in [2.24, 2.45) is 0 Å². The zero-order valence-electron chi connectivity index (χ0n) is 11.2. The summed E-state index contributed by atoms with van der Waals surface area (Å²) >= 11 is 5.95. The molecule has 19 heavy (non-hydrogen) atoms. The van der Waals surface area contributed by atoms with E-state index in [1.807, 2.05) is 43.3 Å². The Balaban J connectivity index is 2.32. The molecule has 0 aliphatic rings.